The molecule has 0 saturated carbocycles. The zero-order valence-electron chi connectivity index (χ0n) is 18.9. The summed E-state index contributed by atoms with van der Waals surface area (Å²) in [6.45, 7) is 5.34. The van der Waals surface area contributed by atoms with E-state index in [1.165, 1.54) is 4.31 Å². The van der Waals surface area contributed by atoms with E-state index < -0.39 is 10.0 Å². The first-order chi connectivity index (χ1) is 15.7. The van der Waals surface area contributed by atoms with Crippen LogP contribution in [0.3, 0.4) is 0 Å². The van der Waals surface area contributed by atoms with E-state index in [1.54, 1.807) is 12.1 Å². The van der Waals surface area contributed by atoms with Gasteiger partial charge in [-0.05, 0) is 53.4 Å². The predicted molar refractivity (Wildman–Crippen MR) is 133 cm³/mol. The highest BCUT2D eigenvalue weighted by molar-refractivity contribution is 7.89. The minimum Gasteiger partial charge on any atom is -0.355 e. The van der Waals surface area contributed by atoms with E-state index in [0.717, 1.165) is 16.3 Å². The van der Waals surface area contributed by atoms with Crippen molar-refractivity contribution in [1.82, 2.24) is 9.62 Å². The lowest BCUT2D eigenvalue weighted by molar-refractivity contribution is -0.126. The lowest BCUT2D eigenvalue weighted by Gasteiger charge is -2.32. The lowest BCUT2D eigenvalue weighted by atomic mass is 9.84. The third-order valence-corrected chi connectivity index (χ3v) is 8.66. The molecule has 5 nitrogen and oxygen atoms in total. The van der Waals surface area contributed by atoms with E-state index in [4.69, 9.17) is 11.6 Å². The Labute approximate surface area is 200 Å². The van der Waals surface area contributed by atoms with Gasteiger partial charge >= 0.3 is 0 Å². The quantitative estimate of drug-likeness (QED) is 0.536. The van der Waals surface area contributed by atoms with Gasteiger partial charge in [-0.25, -0.2) is 8.42 Å². The molecule has 174 valence electrons. The third kappa shape index (κ3) is 5.24. The number of nitrogens with one attached hydrogen (secondary N) is 1. The number of amides is 1. The van der Waals surface area contributed by atoms with Crippen molar-refractivity contribution < 1.29 is 13.2 Å². The molecule has 7 heteroatoms. The van der Waals surface area contributed by atoms with Crippen LogP contribution in [0, 0.1) is 5.92 Å². The van der Waals surface area contributed by atoms with Crippen molar-refractivity contribution in [2.45, 2.75) is 37.0 Å². The fourth-order valence-corrected chi connectivity index (χ4v) is 5.92. The average Bonchev–Trinajstić information content (AvgIpc) is 2.82. The molecule has 0 aliphatic carbocycles. The molecule has 0 spiro atoms. The van der Waals surface area contributed by atoms with E-state index in [-0.39, 0.29) is 17.2 Å². The van der Waals surface area contributed by atoms with Crippen molar-refractivity contribution in [1.29, 1.82) is 0 Å². The topological polar surface area (TPSA) is 66.5 Å². The number of nitrogens with zero attached hydrogens (tertiary/aromatic N) is 1. The van der Waals surface area contributed by atoms with E-state index >= 15 is 0 Å². The summed E-state index contributed by atoms with van der Waals surface area (Å²) in [7, 11) is -3.59. The van der Waals surface area contributed by atoms with Crippen molar-refractivity contribution >= 4 is 38.3 Å². The summed E-state index contributed by atoms with van der Waals surface area (Å²) < 4.78 is 27.8. The first kappa shape index (κ1) is 23.7. The van der Waals surface area contributed by atoms with Gasteiger partial charge in [-0.1, -0.05) is 67.9 Å². The number of halogens is 1. The highest BCUT2D eigenvalue weighted by Crippen LogP contribution is 2.27. The van der Waals surface area contributed by atoms with Gasteiger partial charge in [-0.2, -0.15) is 4.31 Å². The Bertz CT molecular complexity index is 1250. The standard InChI is InChI=1S/C26H29ClN2O3S/c1-26(2,22-8-10-23(27)11-9-22)18-28-25(30)20-13-15-29(16-14-20)33(31,32)24-12-7-19-5-3-4-6-21(19)17-24/h3-12,17,20H,13-16,18H2,1-2H3,(H,28,30). The lowest BCUT2D eigenvalue weighted by Crippen LogP contribution is -2.45. The molecule has 0 aromatic heterocycles. The van der Waals surface area contributed by atoms with E-state index in [9.17, 15) is 13.2 Å². The van der Waals surface area contributed by atoms with Crippen LogP contribution in [0.4, 0.5) is 0 Å². The predicted octanol–water partition coefficient (Wildman–Crippen LogP) is 4.99. The van der Waals surface area contributed by atoms with Gasteiger partial charge in [0.1, 0.15) is 0 Å². The van der Waals surface area contributed by atoms with Gasteiger partial charge in [0.15, 0.2) is 0 Å². The normalized spacial score (nSPS) is 16.1. The highest BCUT2D eigenvalue weighted by Gasteiger charge is 2.33. The number of rotatable bonds is 6. The van der Waals surface area contributed by atoms with E-state index in [2.05, 4.69) is 19.2 Å². The number of hydrogen-bond acceptors (Lipinski definition) is 3. The maximum absolute atomic E-state index is 13.2. The van der Waals surface area contributed by atoms with Crippen LogP contribution in [0.1, 0.15) is 32.3 Å². The Balaban J connectivity index is 1.35. The van der Waals surface area contributed by atoms with E-state index in [0.29, 0.717) is 42.4 Å². The molecule has 1 aliphatic rings. The van der Waals surface area contributed by atoms with Crippen molar-refractivity contribution in [2.75, 3.05) is 19.6 Å². The summed E-state index contributed by atoms with van der Waals surface area (Å²) in [5, 5.41) is 5.66. The zero-order valence-corrected chi connectivity index (χ0v) is 20.5. The molecule has 1 amide bonds. The van der Waals surface area contributed by atoms with Gasteiger partial charge < -0.3 is 5.32 Å². The van der Waals surface area contributed by atoms with Crippen LogP contribution in [0.25, 0.3) is 10.8 Å². The van der Waals surface area contributed by atoms with Gasteiger partial charge in [0.25, 0.3) is 0 Å². The average molecular weight is 485 g/mol. The molecule has 1 saturated heterocycles. The zero-order chi connectivity index (χ0) is 23.6. The molecule has 3 aromatic carbocycles. The number of benzene rings is 3. The Kier molecular flexibility index (Phi) is 6.80. The number of fused-ring (bicyclic) bond motifs is 1. The minimum absolute atomic E-state index is 0.0141. The summed E-state index contributed by atoms with van der Waals surface area (Å²) in [6.07, 6.45) is 1.03. The molecule has 3 aromatic rings. The van der Waals surface area contributed by atoms with Crippen molar-refractivity contribution in [2.24, 2.45) is 5.92 Å². The van der Waals surface area contributed by atoms with Crippen molar-refractivity contribution in [3.8, 4) is 0 Å². The van der Waals surface area contributed by atoms with Crippen LogP contribution in [0.2, 0.25) is 5.02 Å². The molecule has 0 bridgehead atoms. The second-order valence-electron chi connectivity index (χ2n) is 9.30. The fourth-order valence-electron chi connectivity index (χ4n) is 4.29. The molecule has 0 unspecified atom stereocenters. The monoisotopic (exact) mass is 484 g/mol. The molecule has 33 heavy (non-hydrogen) atoms. The second kappa shape index (κ2) is 9.45. The Morgan fingerprint density at radius 1 is 1.00 bits per heavy atom. The summed E-state index contributed by atoms with van der Waals surface area (Å²) in [6, 6.07) is 20.6. The van der Waals surface area contributed by atoms with Crippen molar-refractivity contribution in [3.63, 3.8) is 0 Å². The maximum atomic E-state index is 13.2. The summed E-state index contributed by atoms with van der Waals surface area (Å²) in [5.74, 6) is -0.200. The molecule has 4 rings (SSSR count). The van der Waals surface area contributed by atoms with Gasteiger partial charge in [0, 0.05) is 36.0 Å². The largest absolute Gasteiger partial charge is 0.355 e. The first-order valence-corrected chi connectivity index (χ1v) is 13.0. The number of sulfonamides is 1. The Morgan fingerprint density at radius 2 is 1.64 bits per heavy atom. The molecule has 0 atom stereocenters. The van der Waals surface area contributed by atoms with Gasteiger partial charge in [-0.15, -0.1) is 0 Å². The summed E-state index contributed by atoms with van der Waals surface area (Å²) in [5.41, 5.74) is 0.865. The van der Waals surface area contributed by atoms with Gasteiger partial charge in [0.2, 0.25) is 15.9 Å². The van der Waals surface area contributed by atoms with Crippen molar-refractivity contribution in [3.05, 3.63) is 77.3 Å². The highest BCUT2D eigenvalue weighted by atomic mass is 35.5. The molecule has 0 radical (unpaired) electrons. The van der Waals surface area contributed by atoms with Crippen LogP contribution in [0.15, 0.2) is 71.6 Å². The second-order valence-corrected chi connectivity index (χ2v) is 11.7. The Hall–Kier alpha value is -2.41. The Morgan fingerprint density at radius 3 is 2.30 bits per heavy atom. The molecule has 1 N–H and O–H groups in total. The molecular formula is C26H29ClN2O3S. The van der Waals surface area contributed by atoms with Crippen LogP contribution in [-0.2, 0) is 20.2 Å². The number of carbonyl (C=O) groups is 1. The van der Waals surface area contributed by atoms with Gasteiger partial charge in [-0.3, -0.25) is 4.79 Å². The maximum Gasteiger partial charge on any atom is 0.243 e. The third-order valence-electron chi connectivity index (χ3n) is 6.51. The first-order valence-electron chi connectivity index (χ1n) is 11.2. The van der Waals surface area contributed by atoms with E-state index in [1.807, 2.05) is 54.6 Å². The van der Waals surface area contributed by atoms with Crippen LogP contribution in [0.5, 0.6) is 0 Å². The van der Waals surface area contributed by atoms with Gasteiger partial charge in [0.05, 0.1) is 4.90 Å². The van der Waals surface area contributed by atoms with Crippen LogP contribution < -0.4 is 5.32 Å². The number of piperidine rings is 1. The molecule has 1 heterocycles. The molecular weight excluding hydrogens is 456 g/mol. The number of carbonyl (C=O) groups excluding carboxylic acids is 1. The SMILES string of the molecule is CC(C)(CNC(=O)C1CCN(S(=O)(=O)c2ccc3ccccc3c2)CC1)c1ccc(Cl)cc1. The summed E-state index contributed by atoms with van der Waals surface area (Å²) in [4.78, 5) is 13.1. The number of hydrogen-bond donors (Lipinski definition) is 1. The molecule has 1 fully saturated rings. The smallest absolute Gasteiger partial charge is 0.243 e. The van der Waals surface area contributed by atoms with Crippen LogP contribution >= 0.6 is 11.6 Å². The van der Waals surface area contributed by atoms with Crippen LogP contribution in [-0.4, -0.2) is 38.3 Å². The summed E-state index contributed by atoms with van der Waals surface area (Å²) >= 11 is 5.98. The minimum atomic E-state index is -3.59. The molecule has 1 aliphatic heterocycles. The fraction of sp³-hybridized carbons (Fsp3) is 0.346.